The van der Waals surface area contributed by atoms with Gasteiger partial charge in [0.1, 0.15) is 18.1 Å². The Bertz CT molecular complexity index is 1430. The van der Waals surface area contributed by atoms with Gasteiger partial charge in [-0.25, -0.2) is 4.68 Å². The Kier molecular flexibility index (Phi) is 10.8. The molecule has 13 nitrogen and oxygen atoms in total. The molecule has 0 spiro atoms. The lowest BCUT2D eigenvalue weighted by atomic mass is 10.1. The number of fused-ring (bicyclic) bond motifs is 1. The Morgan fingerprint density at radius 3 is 2.60 bits per heavy atom. The molecule has 0 radical (unpaired) electrons. The van der Waals surface area contributed by atoms with Gasteiger partial charge < -0.3 is 34.3 Å². The van der Waals surface area contributed by atoms with Crippen molar-refractivity contribution in [3.63, 3.8) is 0 Å². The number of nitrogens with one attached hydrogen (secondary N) is 2. The number of hydrogen-bond donors (Lipinski definition) is 3. The molecule has 3 atom stereocenters. The van der Waals surface area contributed by atoms with Crippen molar-refractivity contribution in [3.05, 3.63) is 46.3 Å². The van der Waals surface area contributed by atoms with E-state index in [1.165, 1.54) is 13.8 Å². The molecule has 3 heterocycles. The van der Waals surface area contributed by atoms with Gasteiger partial charge in [0, 0.05) is 24.5 Å². The van der Waals surface area contributed by atoms with Crippen LogP contribution < -0.4 is 10.6 Å². The lowest BCUT2D eigenvalue weighted by molar-refractivity contribution is -0.213. The number of halogens is 2. The molecule has 42 heavy (non-hydrogen) atoms. The van der Waals surface area contributed by atoms with E-state index in [2.05, 4.69) is 25.7 Å². The second-order valence-corrected chi connectivity index (χ2v) is 12.8. The third-order valence-corrected chi connectivity index (χ3v) is 8.73. The van der Waals surface area contributed by atoms with Crippen molar-refractivity contribution in [2.45, 2.75) is 64.9 Å². The van der Waals surface area contributed by atoms with E-state index in [4.69, 9.17) is 41.7 Å². The van der Waals surface area contributed by atoms with Crippen molar-refractivity contribution in [3.8, 4) is 0 Å². The van der Waals surface area contributed by atoms with Gasteiger partial charge in [0.2, 0.25) is 11.2 Å². The molecule has 0 saturated carbocycles. The molecule has 0 aliphatic carbocycles. The molecule has 3 aromatic rings. The largest absolute Gasteiger partial charge is 0.366 e. The van der Waals surface area contributed by atoms with Crippen LogP contribution in [-0.2, 0) is 34.4 Å². The molecule has 16 heteroatoms. The number of benzene rings is 1. The summed E-state index contributed by atoms with van der Waals surface area (Å²) in [5.41, 5.74) is 1.30. The van der Waals surface area contributed by atoms with Gasteiger partial charge in [0.25, 0.3) is 0 Å². The molecule has 1 aromatic carbocycles. The zero-order valence-corrected chi connectivity index (χ0v) is 26.2. The van der Waals surface area contributed by atoms with Crippen LogP contribution >= 0.6 is 30.8 Å². The first kappa shape index (κ1) is 32.6. The number of rotatable bonds is 14. The van der Waals surface area contributed by atoms with Crippen molar-refractivity contribution in [1.82, 2.24) is 25.1 Å². The van der Waals surface area contributed by atoms with Crippen LogP contribution in [0, 0.1) is 0 Å². The third-order valence-electron chi connectivity index (χ3n) is 6.21. The molecule has 1 amide bonds. The summed E-state index contributed by atoms with van der Waals surface area (Å²) in [6.07, 6.45) is -0.540. The molecule has 1 aliphatic heterocycles. The van der Waals surface area contributed by atoms with Crippen LogP contribution in [0.2, 0.25) is 10.3 Å². The van der Waals surface area contributed by atoms with Gasteiger partial charge in [0.15, 0.2) is 17.7 Å². The molecule has 1 aliphatic rings. The van der Waals surface area contributed by atoms with Gasteiger partial charge in [-0.3, -0.25) is 9.36 Å². The maximum atomic E-state index is 12.8. The number of ether oxygens (including phenoxy) is 2. The van der Waals surface area contributed by atoms with Crippen LogP contribution in [-0.4, -0.2) is 74.7 Å². The van der Waals surface area contributed by atoms with Gasteiger partial charge in [-0.2, -0.15) is 15.1 Å². The highest BCUT2D eigenvalue weighted by atomic mass is 35.5. The zero-order valence-electron chi connectivity index (χ0n) is 23.8. The number of aliphatic hydroxyl groups is 1. The number of hydrogen-bond acceptors (Lipinski definition) is 11. The second-order valence-electron chi connectivity index (χ2n) is 9.99. The highest BCUT2D eigenvalue weighted by Gasteiger charge is 2.41. The summed E-state index contributed by atoms with van der Waals surface area (Å²) in [4.78, 5) is 21.4. The number of carbonyl (C=O) groups is 1. The summed E-state index contributed by atoms with van der Waals surface area (Å²) in [7, 11) is -3.58. The molecule has 0 bridgehead atoms. The Balaban J connectivity index is 1.51. The summed E-state index contributed by atoms with van der Waals surface area (Å²) in [5.74, 6) is -1.54. The van der Waals surface area contributed by atoms with Crippen LogP contribution in [0.3, 0.4) is 0 Å². The SMILES string of the molecule is CCOP(=O)(CC(=O)NC[C@H]1O[C@@H](n2ncc3c(NCc4ccccc4Cl)nc(Cl)nc32)C[C@@H]1OC(C)(C)O)OCC. The van der Waals surface area contributed by atoms with Crippen LogP contribution in [0.5, 0.6) is 0 Å². The molecule has 3 N–H and O–H groups in total. The molecule has 1 saturated heterocycles. The summed E-state index contributed by atoms with van der Waals surface area (Å²) in [6.45, 7) is 7.04. The van der Waals surface area contributed by atoms with E-state index >= 15 is 0 Å². The fourth-order valence-corrected chi connectivity index (χ4v) is 6.44. The molecule has 230 valence electrons. The number of amides is 1. The first-order valence-electron chi connectivity index (χ1n) is 13.5. The summed E-state index contributed by atoms with van der Waals surface area (Å²) in [5, 5.41) is 22.0. The normalized spacial score (nSPS) is 19.4. The Labute approximate surface area is 253 Å². The maximum absolute atomic E-state index is 12.8. The average molecular weight is 645 g/mol. The standard InChI is InChI=1S/C26H35Cl2N6O7P/c1-5-38-42(37,39-6-2)15-21(35)29-14-20-19(41-26(3,4)36)11-22(40-20)34-24-17(13-31-34)23(32-25(28)33-24)30-12-16-9-7-8-10-18(16)27/h7-10,13,19-20,22,36H,5-6,11-12,14-15H2,1-4H3,(H,29,35)(H,30,32,33)/t19-,20+,22+/m0/s1. The molecular formula is C26H35Cl2N6O7P. The fourth-order valence-electron chi connectivity index (χ4n) is 4.56. The number of nitrogens with zero attached hydrogens (tertiary/aromatic N) is 4. The molecule has 1 fully saturated rings. The molecule has 0 unspecified atom stereocenters. The number of aromatic nitrogens is 4. The number of anilines is 1. The topological polar surface area (TPSA) is 159 Å². The monoisotopic (exact) mass is 644 g/mol. The first-order chi connectivity index (χ1) is 19.9. The second kappa shape index (κ2) is 14.0. The lowest BCUT2D eigenvalue weighted by Gasteiger charge is -2.26. The minimum absolute atomic E-state index is 0.00466. The zero-order chi connectivity index (χ0) is 30.5. The van der Waals surface area contributed by atoms with E-state index in [1.54, 1.807) is 30.8 Å². The molecule has 4 rings (SSSR count). The van der Waals surface area contributed by atoms with Crippen LogP contribution in [0.25, 0.3) is 11.0 Å². The van der Waals surface area contributed by atoms with Gasteiger partial charge in [-0.15, -0.1) is 0 Å². The summed E-state index contributed by atoms with van der Waals surface area (Å²) < 4.78 is 36.9. The van der Waals surface area contributed by atoms with Crippen molar-refractivity contribution in [2.24, 2.45) is 0 Å². The minimum Gasteiger partial charge on any atom is -0.366 e. The Hall–Kier alpha value is -2.35. The fraction of sp³-hybridized carbons (Fsp3) is 0.538. The van der Waals surface area contributed by atoms with Gasteiger partial charge in [-0.1, -0.05) is 29.8 Å². The smallest absolute Gasteiger partial charge is 0.340 e. The van der Waals surface area contributed by atoms with Gasteiger partial charge >= 0.3 is 7.60 Å². The number of carbonyl (C=O) groups excluding carboxylic acids is 1. The molecule has 2 aromatic heterocycles. The van der Waals surface area contributed by atoms with E-state index in [0.717, 1.165) is 5.56 Å². The van der Waals surface area contributed by atoms with Crippen LogP contribution in [0.4, 0.5) is 5.82 Å². The predicted octanol–water partition coefficient (Wildman–Crippen LogP) is 4.53. The Morgan fingerprint density at radius 1 is 1.21 bits per heavy atom. The van der Waals surface area contributed by atoms with E-state index in [-0.39, 0.29) is 31.5 Å². The van der Waals surface area contributed by atoms with E-state index in [1.807, 2.05) is 18.2 Å². The quantitative estimate of drug-likeness (QED) is 0.129. The highest BCUT2D eigenvalue weighted by molar-refractivity contribution is 7.54. The third kappa shape index (κ3) is 8.39. The predicted molar refractivity (Wildman–Crippen MR) is 158 cm³/mol. The lowest BCUT2D eigenvalue weighted by Crippen LogP contribution is -2.42. The van der Waals surface area contributed by atoms with Crippen molar-refractivity contribution < 1.29 is 33.0 Å². The first-order valence-corrected chi connectivity index (χ1v) is 16.0. The van der Waals surface area contributed by atoms with E-state index < -0.39 is 43.9 Å². The highest BCUT2D eigenvalue weighted by Crippen LogP contribution is 2.47. The minimum atomic E-state index is -3.58. The van der Waals surface area contributed by atoms with Crippen LogP contribution in [0.15, 0.2) is 30.5 Å². The van der Waals surface area contributed by atoms with Crippen molar-refractivity contribution in [1.29, 1.82) is 0 Å². The summed E-state index contributed by atoms with van der Waals surface area (Å²) >= 11 is 12.6. The van der Waals surface area contributed by atoms with E-state index in [0.29, 0.717) is 28.4 Å². The Morgan fingerprint density at radius 2 is 1.93 bits per heavy atom. The van der Waals surface area contributed by atoms with E-state index in [9.17, 15) is 14.5 Å². The van der Waals surface area contributed by atoms with Crippen molar-refractivity contribution in [2.75, 3.05) is 31.2 Å². The average Bonchev–Trinajstić information content (AvgIpc) is 3.49. The molecular weight excluding hydrogens is 610 g/mol. The maximum Gasteiger partial charge on any atom is 0.340 e. The van der Waals surface area contributed by atoms with Gasteiger partial charge in [-0.05, 0) is 50.9 Å². The van der Waals surface area contributed by atoms with Crippen molar-refractivity contribution >= 4 is 53.6 Å². The summed E-state index contributed by atoms with van der Waals surface area (Å²) in [6, 6.07) is 7.45. The van der Waals surface area contributed by atoms with Gasteiger partial charge in [0.05, 0.1) is 30.9 Å². The van der Waals surface area contributed by atoms with Crippen LogP contribution in [0.1, 0.15) is 45.9 Å².